The number of carbonyl (C=O) groups is 2. The Morgan fingerprint density at radius 1 is 1.45 bits per heavy atom. The zero-order valence-corrected chi connectivity index (χ0v) is 11.5. The molecule has 0 bridgehead atoms. The molecule has 2 amide bonds. The molecule has 108 valence electrons. The Morgan fingerprint density at radius 3 is 2.70 bits per heavy atom. The maximum Gasteiger partial charge on any atom is 0.248 e. The summed E-state index contributed by atoms with van der Waals surface area (Å²) in [5.41, 5.74) is 5.25. The molecule has 1 aromatic carbocycles. The van der Waals surface area contributed by atoms with Gasteiger partial charge in [0.25, 0.3) is 0 Å². The molecule has 6 heteroatoms. The molecule has 1 aliphatic rings. The predicted octanol–water partition coefficient (Wildman–Crippen LogP) is 1.17. The third kappa shape index (κ3) is 2.65. The van der Waals surface area contributed by atoms with Gasteiger partial charge in [0, 0.05) is 23.4 Å². The highest BCUT2D eigenvalue weighted by molar-refractivity contribution is 5.99. The van der Waals surface area contributed by atoms with Gasteiger partial charge in [-0.2, -0.15) is 0 Å². The first-order valence-electron chi connectivity index (χ1n) is 6.45. The van der Waals surface area contributed by atoms with E-state index in [9.17, 15) is 14.0 Å². The lowest BCUT2D eigenvalue weighted by atomic mass is 9.88. The van der Waals surface area contributed by atoms with Crippen LogP contribution in [0, 0.1) is 18.2 Å². The highest BCUT2D eigenvalue weighted by Crippen LogP contribution is 2.28. The number of benzene rings is 1. The summed E-state index contributed by atoms with van der Waals surface area (Å²) in [7, 11) is 0. The predicted molar refractivity (Wildman–Crippen MR) is 73.9 cm³/mol. The van der Waals surface area contributed by atoms with Crippen LogP contribution in [-0.4, -0.2) is 24.9 Å². The van der Waals surface area contributed by atoms with Crippen LogP contribution in [-0.2, 0) is 4.79 Å². The van der Waals surface area contributed by atoms with Gasteiger partial charge in [0.1, 0.15) is 5.82 Å². The second-order valence-electron chi connectivity index (χ2n) is 5.44. The minimum absolute atomic E-state index is 0.0399. The molecule has 0 radical (unpaired) electrons. The normalized spacial score (nSPS) is 21.8. The highest BCUT2D eigenvalue weighted by atomic mass is 19.1. The Bertz CT molecular complexity index is 566. The van der Waals surface area contributed by atoms with Crippen LogP contribution in [0.4, 0.5) is 10.1 Å². The van der Waals surface area contributed by atoms with E-state index in [-0.39, 0.29) is 22.7 Å². The van der Waals surface area contributed by atoms with Crippen molar-refractivity contribution in [1.82, 2.24) is 5.32 Å². The van der Waals surface area contributed by atoms with Gasteiger partial charge in [0.15, 0.2) is 0 Å². The van der Waals surface area contributed by atoms with Crippen LogP contribution in [0.25, 0.3) is 0 Å². The third-order valence-corrected chi connectivity index (χ3v) is 3.79. The van der Waals surface area contributed by atoms with Gasteiger partial charge in [-0.05, 0) is 38.9 Å². The average Bonchev–Trinajstić information content (AvgIpc) is 2.82. The first-order chi connectivity index (χ1) is 9.33. The van der Waals surface area contributed by atoms with Crippen molar-refractivity contribution in [2.75, 3.05) is 18.4 Å². The average molecular weight is 279 g/mol. The van der Waals surface area contributed by atoms with E-state index in [0.717, 1.165) is 19.0 Å². The SMILES string of the molecule is Cc1c(F)cc(C(N)=O)cc1NC(=O)C1(C)CCNC1. The van der Waals surface area contributed by atoms with E-state index in [1.807, 2.05) is 6.92 Å². The molecule has 0 aromatic heterocycles. The van der Waals surface area contributed by atoms with Crippen molar-refractivity contribution >= 4 is 17.5 Å². The number of nitrogens with two attached hydrogens (primary N) is 1. The van der Waals surface area contributed by atoms with Crippen LogP contribution in [0.5, 0.6) is 0 Å². The van der Waals surface area contributed by atoms with Gasteiger partial charge in [-0.1, -0.05) is 0 Å². The van der Waals surface area contributed by atoms with Gasteiger partial charge < -0.3 is 16.4 Å². The Balaban J connectivity index is 2.29. The minimum Gasteiger partial charge on any atom is -0.366 e. The second kappa shape index (κ2) is 5.20. The monoisotopic (exact) mass is 279 g/mol. The van der Waals surface area contributed by atoms with Crippen LogP contribution in [0.15, 0.2) is 12.1 Å². The standard InChI is InChI=1S/C14H18FN3O2/c1-8-10(15)5-9(12(16)19)6-11(8)18-13(20)14(2)3-4-17-7-14/h5-6,17H,3-4,7H2,1-2H3,(H2,16,19)(H,18,20). The summed E-state index contributed by atoms with van der Waals surface area (Å²) in [5, 5.41) is 5.83. The molecular weight excluding hydrogens is 261 g/mol. The van der Waals surface area contributed by atoms with Gasteiger partial charge in [-0.3, -0.25) is 9.59 Å². The van der Waals surface area contributed by atoms with Crippen molar-refractivity contribution in [3.05, 3.63) is 29.1 Å². The van der Waals surface area contributed by atoms with Crippen molar-refractivity contribution in [2.45, 2.75) is 20.3 Å². The molecule has 1 aliphatic heterocycles. The van der Waals surface area contributed by atoms with Gasteiger partial charge in [0.05, 0.1) is 5.41 Å². The van der Waals surface area contributed by atoms with Crippen molar-refractivity contribution in [2.24, 2.45) is 11.1 Å². The van der Waals surface area contributed by atoms with Crippen LogP contribution in [0.3, 0.4) is 0 Å². The molecule has 1 saturated heterocycles. The molecule has 1 heterocycles. The fourth-order valence-corrected chi connectivity index (χ4v) is 2.23. The fourth-order valence-electron chi connectivity index (χ4n) is 2.23. The molecule has 0 aliphatic carbocycles. The Hall–Kier alpha value is -1.95. The van der Waals surface area contributed by atoms with Crippen LogP contribution in [0.2, 0.25) is 0 Å². The van der Waals surface area contributed by atoms with E-state index in [0.29, 0.717) is 6.54 Å². The number of carbonyl (C=O) groups excluding carboxylic acids is 2. The Kier molecular flexibility index (Phi) is 3.76. The summed E-state index contributed by atoms with van der Waals surface area (Å²) < 4.78 is 13.8. The van der Waals surface area contributed by atoms with E-state index in [2.05, 4.69) is 10.6 Å². The molecule has 5 nitrogen and oxygen atoms in total. The summed E-state index contributed by atoms with van der Waals surface area (Å²) in [4.78, 5) is 23.4. The lowest BCUT2D eigenvalue weighted by Gasteiger charge is -2.22. The molecule has 1 aromatic rings. The van der Waals surface area contributed by atoms with E-state index >= 15 is 0 Å². The highest BCUT2D eigenvalue weighted by Gasteiger charge is 2.36. The Labute approximate surface area is 116 Å². The summed E-state index contributed by atoms with van der Waals surface area (Å²) in [6.07, 6.45) is 0.718. The van der Waals surface area contributed by atoms with E-state index in [4.69, 9.17) is 5.73 Å². The maximum absolute atomic E-state index is 13.8. The molecule has 4 N–H and O–H groups in total. The first-order valence-corrected chi connectivity index (χ1v) is 6.45. The quantitative estimate of drug-likeness (QED) is 0.776. The molecular formula is C14H18FN3O2. The first kappa shape index (κ1) is 14.5. The molecule has 1 atom stereocenters. The number of amides is 2. The number of primary amides is 1. The summed E-state index contributed by atoms with van der Waals surface area (Å²) in [5.74, 6) is -1.48. The van der Waals surface area contributed by atoms with E-state index < -0.39 is 17.1 Å². The smallest absolute Gasteiger partial charge is 0.248 e. The van der Waals surface area contributed by atoms with Crippen molar-refractivity contribution in [1.29, 1.82) is 0 Å². The van der Waals surface area contributed by atoms with E-state index in [1.54, 1.807) is 6.92 Å². The van der Waals surface area contributed by atoms with Crippen LogP contribution < -0.4 is 16.4 Å². The van der Waals surface area contributed by atoms with Crippen LogP contribution in [0.1, 0.15) is 29.3 Å². The third-order valence-electron chi connectivity index (χ3n) is 3.79. The largest absolute Gasteiger partial charge is 0.366 e. The number of rotatable bonds is 3. The number of hydrogen-bond donors (Lipinski definition) is 3. The van der Waals surface area contributed by atoms with Gasteiger partial charge in [-0.15, -0.1) is 0 Å². The van der Waals surface area contributed by atoms with E-state index in [1.165, 1.54) is 6.07 Å². The number of anilines is 1. The molecule has 2 rings (SSSR count). The van der Waals surface area contributed by atoms with Gasteiger partial charge >= 0.3 is 0 Å². The topological polar surface area (TPSA) is 84.2 Å². The summed E-state index contributed by atoms with van der Waals surface area (Å²) >= 11 is 0. The zero-order valence-electron chi connectivity index (χ0n) is 11.5. The molecule has 0 spiro atoms. The number of nitrogens with one attached hydrogen (secondary N) is 2. The van der Waals surface area contributed by atoms with Gasteiger partial charge in [-0.25, -0.2) is 4.39 Å². The second-order valence-corrected chi connectivity index (χ2v) is 5.44. The maximum atomic E-state index is 13.8. The lowest BCUT2D eigenvalue weighted by molar-refractivity contribution is -0.123. The number of halogens is 1. The number of hydrogen-bond acceptors (Lipinski definition) is 3. The zero-order chi connectivity index (χ0) is 14.9. The lowest BCUT2D eigenvalue weighted by Crippen LogP contribution is -2.35. The molecule has 1 unspecified atom stereocenters. The summed E-state index contributed by atoms with van der Waals surface area (Å²) in [6, 6.07) is 2.48. The van der Waals surface area contributed by atoms with Crippen molar-refractivity contribution < 1.29 is 14.0 Å². The van der Waals surface area contributed by atoms with Crippen molar-refractivity contribution in [3.63, 3.8) is 0 Å². The molecule has 1 fully saturated rings. The van der Waals surface area contributed by atoms with Crippen LogP contribution >= 0.6 is 0 Å². The minimum atomic E-state index is -0.729. The summed E-state index contributed by atoms with van der Waals surface area (Å²) in [6.45, 7) is 4.76. The molecule has 20 heavy (non-hydrogen) atoms. The van der Waals surface area contributed by atoms with Crippen molar-refractivity contribution in [3.8, 4) is 0 Å². The van der Waals surface area contributed by atoms with Gasteiger partial charge in [0.2, 0.25) is 11.8 Å². The fraction of sp³-hybridized carbons (Fsp3) is 0.429. The Morgan fingerprint density at radius 2 is 2.15 bits per heavy atom. The molecule has 0 saturated carbocycles.